The number of primary amides is 1. The van der Waals surface area contributed by atoms with E-state index in [1.54, 1.807) is 7.05 Å². The Bertz CT molecular complexity index is 265. The number of amides is 1. The van der Waals surface area contributed by atoms with Crippen molar-refractivity contribution in [2.24, 2.45) is 5.73 Å². The molecule has 0 aromatic heterocycles. The van der Waals surface area contributed by atoms with Crippen molar-refractivity contribution in [2.45, 2.75) is 31.3 Å². The van der Waals surface area contributed by atoms with Gasteiger partial charge >= 0.3 is 0 Å². The Hall–Kier alpha value is -0.650. The van der Waals surface area contributed by atoms with E-state index in [4.69, 9.17) is 5.73 Å². The van der Waals surface area contributed by atoms with Crippen molar-refractivity contribution in [1.29, 1.82) is 0 Å². The minimum atomic E-state index is -0.253. The molecule has 0 spiro atoms. The number of carbonyl (C=O) groups is 1. The summed E-state index contributed by atoms with van der Waals surface area (Å²) >= 11 is 0. The van der Waals surface area contributed by atoms with Gasteiger partial charge in [0.2, 0.25) is 5.91 Å². The van der Waals surface area contributed by atoms with Gasteiger partial charge in [0.05, 0.1) is 6.04 Å². The molecule has 0 bridgehead atoms. The maximum atomic E-state index is 11.2. The predicted molar refractivity (Wildman–Crippen MR) is 67.7 cm³/mol. The first-order chi connectivity index (χ1) is 8.20. The number of rotatable bonds is 5. The molecule has 5 heteroatoms. The summed E-state index contributed by atoms with van der Waals surface area (Å²) in [6, 6.07) is 0.482. The van der Waals surface area contributed by atoms with Crippen LogP contribution in [0.3, 0.4) is 0 Å². The van der Waals surface area contributed by atoms with Gasteiger partial charge in [-0.25, -0.2) is 0 Å². The number of nitrogens with two attached hydrogens (primary N) is 1. The van der Waals surface area contributed by atoms with Gasteiger partial charge in [0.25, 0.3) is 0 Å². The lowest BCUT2D eigenvalue weighted by Crippen LogP contribution is -2.47. The molecular formula is C12H24N4O. The van der Waals surface area contributed by atoms with Gasteiger partial charge in [0.1, 0.15) is 0 Å². The average Bonchev–Trinajstić information content (AvgIpc) is 2.95. The largest absolute Gasteiger partial charge is 0.368 e. The molecule has 2 atom stereocenters. The second-order valence-electron chi connectivity index (χ2n) is 5.19. The molecule has 0 radical (unpaired) electrons. The van der Waals surface area contributed by atoms with Crippen LogP contribution in [0.25, 0.3) is 0 Å². The molecule has 2 aliphatic rings. The van der Waals surface area contributed by atoms with E-state index in [0.717, 1.165) is 19.6 Å². The molecule has 2 unspecified atom stereocenters. The van der Waals surface area contributed by atoms with Gasteiger partial charge in [-0.2, -0.15) is 0 Å². The quantitative estimate of drug-likeness (QED) is 0.662. The van der Waals surface area contributed by atoms with Crippen molar-refractivity contribution in [3.05, 3.63) is 0 Å². The highest BCUT2D eigenvalue weighted by atomic mass is 16.1. The van der Waals surface area contributed by atoms with Crippen LogP contribution in [0.15, 0.2) is 0 Å². The molecule has 0 aromatic carbocycles. The van der Waals surface area contributed by atoms with Crippen LogP contribution in [-0.2, 0) is 4.79 Å². The molecule has 17 heavy (non-hydrogen) atoms. The molecule has 2 saturated heterocycles. The summed E-state index contributed by atoms with van der Waals surface area (Å²) < 4.78 is 0. The van der Waals surface area contributed by atoms with Crippen LogP contribution in [-0.4, -0.2) is 67.6 Å². The highest BCUT2D eigenvalue weighted by molar-refractivity contribution is 5.80. The van der Waals surface area contributed by atoms with E-state index in [0.29, 0.717) is 6.04 Å². The second-order valence-corrected chi connectivity index (χ2v) is 5.19. The van der Waals surface area contributed by atoms with Crippen molar-refractivity contribution in [3.63, 3.8) is 0 Å². The summed E-state index contributed by atoms with van der Waals surface area (Å²) in [5.41, 5.74) is 5.34. The van der Waals surface area contributed by atoms with E-state index in [-0.39, 0.29) is 11.9 Å². The summed E-state index contributed by atoms with van der Waals surface area (Å²) in [7, 11) is 1.80. The molecule has 2 fully saturated rings. The van der Waals surface area contributed by atoms with Crippen LogP contribution >= 0.6 is 0 Å². The number of hydrogen-bond acceptors (Lipinski definition) is 4. The zero-order chi connectivity index (χ0) is 12.3. The van der Waals surface area contributed by atoms with Crippen molar-refractivity contribution in [2.75, 3.05) is 39.8 Å². The predicted octanol–water partition coefficient (Wildman–Crippen LogP) is -0.770. The number of carbonyl (C=O) groups excluding carboxylic acids is 1. The number of likely N-dealkylation sites (N-methyl/N-ethyl adjacent to an activating group) is 1. The summed E-state index contributed by atoms with van der Waals surface area (Å²) in [6.45, 7) is 5.43. The topological polar surface area (TPSA) is 61.6 Å². The third-order valence-electron chi connectivity index (χ3n) is 4.04. The molecule has 0 aromatic rings. The zero-order valence-electron chi connectivity index (χ0n) is 10.7. The summed E-state index contributed by atoms with van der Waals surface area (Å²) in [6.07, 6.45) is 3.92. The van der Waals surface area contributed by atoms with Crippen LogP contribution in [0.2, 0.25) is 0 Å². The van der Waals surface area contributed by atoms with Gasteiger partial charge in [-0.1, -0.05) is 0 Å². The van der Waals surface area contributed by atoms with Gasteiger partial charge in [-0.05, 0) is 45.9 Å². The first-order valence-corrected chi connectivity index (χ1v) is 6.63. The Morgan fingerprint density at radius 1 is 1.41 bits per heavy atom. The highest BCUT2D eigenvalue weighted by Crippen LogP contribution is 2.20. The summed E-state index contributed by atoms with van der Waals surface area (Å²) in [4.78, 5) is 16.1. The van der Waals surface area contributed by atoms with Crippen LogP contribution in [0.4, 0.5) is 0 Å². The Morgan fingerprint density at radius 3 is 2.71 bits per heavy atom. The lowest BCUT2D eigenvalue weighted by molar-refractivity contribution is -0.120. The number of hydrogen-bond donors (Lipinski definition) is 2. The Labute approximate surface area is 103 Å². The summed E-state index contributed by atoms with van der Waals surface area (Å²) in [5.74, 6) is -0.253. The van der Waals surface area contributed by atoms with Crippen molar-refractivity contribution in [1.82, 2.24) is 15.1 Å². The first kappa shape index (κ1) is 12.8. The number of likely N-dealkylation sites (tertiary alicyclic amines) is 2. The molecule has 2 heterocycles. The van der Waals surface area contributed by atoms with E-state index in [9.17, 15) is 4.79 Å². The number of nitrogens with zero attached hydrogens (tertiary/aromatic N) is 2. The van der Waals surface area contributed by atoms with Gasteiger partial charge in [0, 0.05) is 19.1 Å². The molecule has 3 N–H and O–H groups in total. The molecule has 2 aliphatic heterocycles. The summed E-state index contributed by atoms with van der Waals surface area (Å²) in [5, 5.41) is 2.98. The molecule has 98 valence electrons. The zero-order valence-corrected chi connectivity index (χ0v) is 10.7. The standard InChI is InChI=1S/C12H24N4O/c1-14-11(12(13)17)9-15-7-4-10(8-15)16-5-2-3-6-16/h10-11,14H,2-9H2,1H3,(H2,13,17). The van der Waals surface area contributed by atoms with E-state index in [2.05, 4.69) is 15.1 Å². The van der Waals surface area contributed by atoms with Crippen LogP contribution in [0.1, 0.15) is 19.3 Å². The highest BCUT2D eigenvalue weighted by Gasteiger charge is 2.30. The van der Waals surface area contributed by atoms with Crippen LogP contribution in [0, 0.1) is 0 Å². The molecule has 0 saturated carbocycles. The number of nitrogens with one attached hydrogen (secondary N) is 1. The second kappa shape index (κ2) is 5.80. The van der Waals surface area contributed by atoms with Gasteiger partial charge in [-0.3, -0.25) is 14.6 Å². The normalized spacial score (nSPS) is 28.6. The van der Waals surface area contributed by atoms with Crippen molar-refractivity contribution < 1.29 is 4.79 Å². The monoisotopic (exact) mass is 240 g/mol. The third-order valence-corrected chi connectivity index (χ3v) is 4.04. The SMILES string of the molecule is CNC(CN1CCC(N2CCCC2)C1)C(N)=O. The van der Waals surface area contributed by atoms with E-state index in [1.165, 1.54) is 32.4 Å². The molecule has 1 amide bonds. The van der Waals surface area contributed by atoms with Crippen molar-refractivity contribution in [3.8, 4) is 0 Å². The van der Waals surface area contributed by atoms with E-state index in [1.807, 2.05) is 0 Å². The van der Waals surface area contributed by atoms with Gasteiger partial charge in [0.15, 0.2) is 0 Å². The molecule has 2 rings (SSSR count). The van der Waals surface area contributed by atoms with Crippen molar-refractivity contribution >= 4 is 5.91 Å². The lowest BCUT2D eigenvalue weighted by atomic mass is 10.2. The maximum absolute atomic E-state index is 11.2. The van der Waals surface area contributed by atoms with Crippen LogP contribution < -0.4 is 11.1 Å². The first-order valence-electron chi connectivity index (χ1n) is 6.63. The minimum Gasteiger partial charge on any atom is -0.368 e. The van der Waals surface area contributed by atoms with E-state index >= 15 is 0 Å². The molecule has 0 aliphatic carbocycles. The van der Waals surface area contributed by atoms with Crippen LogP contribution in [0.5, 0.6) is 0 Å². The fourth-order valence-electron chi connectivity index (χ4n) is 2.96. The Balaban J connectivity index is 1.78. The maximum Gasteiger partial charge on any atom is 0.235 e. The average molecular weight is 240 g/mol. The molecule has 5 nitrogen and oxygen atoms in total. The minimum absolute atomic E-state index is 0.215. The fraction of sp³-hybridized carbons (Fsp3) is 0.917. The van der Waals surface area contributed by atoms with E-state index < -0.39 is 0 Å². The third kappa shape index (κ3) is 3.18. The Kier molecular flexibility index (Phi) is 4.36. The van der Waals surface area contributed by atoms with Gasteiger partial charge < -0.3 is 11.1 Å². The molecular weight excluding hydrogens is 216 g/mol. The fourth-order valence-corrected chi connectivity index (χ4v) is 2.96. The smallest absolute Gasteiger partial charge is 0.235 e. The van der Waals surface area contributed by atoms with Gasteiger partial charge in [-0.15, -0.1) is 0 Å². The Morgan fingerprint density at radius 2 is 2.12 bits per heavy atom. The lowest BCUT2D eigenvalue weighted by Gasteiger charge is -2.25.